The fourth-order valence-electron chi connectivity index (χ4n) is 0. The lowest BCUT2D eigenvalue weighted by Gasteiger charge is -1.82. The average Bonchev–Trinajstić information content (AvgIpc) is 1.56. The van der Waals surface area contributed by atoms with Gasteiger partial charge in [-0.15, -0.1) is 0 Å². The van der Waals surface area contributed by atoms with Gasteiger partial charge in [0.2, 0.25) is 0 Å². The third-order valence-corrected chi connectivity index (χ3v) is 0. The van der Waals surface area contributed by atoms with Gasteiger partial charge in [-0.05, 0) is 0 Å². The van der Waals surface area contributed by atoms with Crippen molar-refractivity contribution in [2.75, 3.05) is 6.73 Å². The van der Waals surface area contributed by atoms with E-state index in [1.54, 1.807) is 0 Å². The van der Waals surface area contributed by atoms with E-state index in [2.05, 4.69) is 17.2 Å². The van der Waals surface area contributed by atoms with E-state index in [9.17, 15) is 0 Å². The van der Waals surface area contributed by atoms with Crippen molar-refractivity contribution < 1.29 is 29.1 Å². The predicted molar refractivity (Wildman–Crippen MR) is 39.3 cm³/mol. The van der Waals surface area contributed by atoms with Gasteiger partial charge in [0.05, 0.1) is 6.73 Å². The highest BCUT2D eigenvalue weighted by Crippen LogP contribution is 2.25. The SMILES string of the molecule is NC(N)=O.NCO.O=P(O)(O)O. The molecular formula is C2H12N3O6P. The van der Waals surface area contributed by atoms with Crippen molar-refractivity contribution in [1.82, 2.24) is 0 Å². The number of rotatable bonds is 0. The zero-order valence-electron chi connectivity index (χ0n) is 5.99. The minimum absolute atomic E-state index is 0.250. The van der Waals surface area contributed by atoms with Crippen molar-refractivity contribution in [1.29, 1.82) is 0 Å². The first-order chi connectivity index (χ1) is 5.15. The molecule has 0 aromatic carbocycles. The van der Waals surface area contributed by atoms with E-state index < -0.39 is 13.9 Å². The van der Waals surface area contributed by atoms with Crippen LogP contribution in [0.3, 0.4) is 0 Å². The summed E-state index contributed by atoms with van der Waals surface area (Å²) in [5.41, 5.74) is 12.9. The minimum atomic E-state index is -4.64. The Labute approximate surface area is 68.0 Å². The number of amides is 2. The lowest BCUT2D eigenvalue weighted by molar-refractivity contribution is 0.256. The molecule has 10 heteroatoms. The molecule has 0 aromatic rings. The van der Waals surface area contributed by atoms with E-state index in [0.717, 1.165) is 0 Å². The molecule has 0 fully saturated rings. The smallest absolute Gasteiger partial charge is 0.382 e. The zero-order valence-corrected chi connectivity index (χ0v) is 6.89. The molecule has 0 unspecified atom stereocenters. The molecular weight excluding hydrogens is 193 g/mol. The topological polar surface area (TPSA) is 193 Å². The standard InChI is InChI=1S/CH4N2O.CH5NO.H3O4P/c2-1(3)4;2-1-3;1-5(2,3)4/h(H4,2,3,4);3H,1-2H2;(H3,1,2,3,4). The highest BCUT2D eigenvalue weighted by molar-refractivity contribution is 7.45. The molecule has 0 heterocycles. The molecule has 0 saturated carbocycles. The Morgan fingerprint density at radius 3 is 1.25 bits per heavy atom. The van der Waals surface area contributed by atoms with E-state index in [0.29, 0.717) is 0 Å². The predicted octanol–water partition coefficient (Wildman–Crippen LogP) is -3.01. The van der Waals surface area contributed by atoms with Crippen LogP contribution in [0.15, 0.2) is 0 Å². The zero-order chi connectivity index (χ0) is 10.8. The fraction of sp³-hybridized carbons (Fsp3) is 0.500. The first-order valence-corrected chi connectivity index (χ1v) is 3.85. The number of nitrogens with two attached hydrogens (primary N) is 3. The van der Waals surface area contributed by atoms with Crippen LogP contribution in [0.2, 0.25) is 0 Å². The lowest BCUT2D eigenvalue weighted by atomic mass is 11.2. The number of aliphatic hydroxyl groups is 1. The summed E-state index contributed by atoms with van der Waals surface area (Å²) in [6.45, 7) is -0.250. The first kappa shape index (κ1) is 17.4. The molecule has 0 bridgehead atoms. The summed E-state index contributed by atoms with van der Waals surface area (Å²) in [5, 5.41) is 7.35. The van der Waals surface area contributed by atoms with Gasteiger partial charge in [-0.3, -0.25) is 0 Å². The Kier molecular flexibility index (Phi) is 14.9. The molecule has 0 rings (SSSR count). The van der Waals surface area contributed by atoms with Crippen molar-refractivity contribution in [3.05, 3.63) is 0 Å². The maximum atomic E-state index is 9.00. The maximum Gasteiger partial charge on any atom is 0.466 e. The Hall–Kier alpha value is -0.700. The lowest BCUT2D eigenvalue weighted by Crippen LogP contribution is -2.18. The first-order valence-electron chi connectivity index (χ1n) is 2.29. The number of carbonyl (C=O) groups excluding carboxylic acids is 1. The average molecular weight is 205 g/mol. The largest absolute Gasteiger partial charge is 0.466 e. The number of aliphatic hydroxyl groups excluding tert-OH is 1. The summed E-state index contributed by atoms with van der Waals surface area (Å²) in [4.78, 5) is 30.6. The van der Waals surface area contributed by atoms with Crippen molar-refractivity contribution in [3.8, 4) is 0 Å². The van der Waals surface area contributed by atoms with Gasteiger partial charge in [0.15, 0.2) is 0 Å². The van der Waals surface area contributed by atoms with Gasteiger partial charge in [0, 0.05) is 0 Å². The summed E-state index contributed by atoms with van der Waals surface area (Å²) in [6, 6.07) is -0.833. The third kappa shape index (κ3) is 1310. The second-order valence-corrected chi connectivity index (χ2v) is 2.12. The normalized spacial score (nSPS) is 8.42. The molecule has 0 atom stereocenters. The van der Waals surface area contributed by atoms with Crippen molar-refractivity contribution in [3.63, 3.8) is 0 Å². The fourth-order valence-corrected chi connectivity index (χ4v) is 0. The van der Waals surface area contributed by atoms with Crippen LogP contribution in [0.4, 0.5) is 4.79 Å². The van der Waals surface area contributed by atoms with Gasteiger partial charge in [0.1, 0.15) is 0 Å². The molecule has 0 aliphatic carbocycles. The highest BCUT2D eigenvalue weighted by atomic mass is 31.2. The van der Waals surface area contributed by atoms with Crippen molar-refractivity contribution >= 4 is 13.9 Å². The van der Waals surface area contributed by atoms with Gasteiger partial charge in [-0.25, -0.2) is 9.36 Å². The summed E-state index contributed by atoms with van der Waals surface area (Å²) in [5.74, 6) is 0. The van der Waals surface area contributed by atoms with Crippen LogP contribution in [-0.2, 0) is 4.57 Å². The number of phosphoric acid groups is 1. The molecule has 76 valence electrons. The van der Waals surface area contributed by atoms with E-state index in [4.69, 9.17) is 29.1 Å². The van der Waals surface area contributed by atoms with Crippen LogP contribution in [0.5, 0.6) is 0 Å². The second-order valence-electron chi connectivity index (χ2n) is 1.10. The summed E-state index contributed by atoms with van der Waals surface area (Å²) in [6.07, 6.45) is 0. The maximum absolute atomic E-state index is 9.00. The van der Waals surface area contributed by atoms with Crippen LogP contribution >= 0.6 is 7.82 Å². The molecule has 10 N–H and O–H groups in total. The number of urea groups is 1. The summed E-state index contributed by atoms with van der Waals surface area (Å²) >= 11 is 0. The monoisotopic (exact) mass is 205 g/mol. The molecule has 0 aromatic heterocycles. The quantitative estimate of drug-likeness (QED) is 0.161. The number of primary amides is 2. The van der Waals surface area contributed by atoms with Crippen LogP contribution in [0.25, 0.3) is 0 Å². The number of hydrogen-bond acceptors (Lipinski definition) is 4. The van der Waals surface area contributed by atoms with Gasteiger partial charge in [0.25, 0.3) is 0 Å². The highest BCUT2D eigenvalue weighted by Gasteiger charge is 2.00. The van der Waals surface area contributed by atoms with Crippen LogP contribution < -0.4 is 17.2 Å². The van der Waals surface area contributed by atoms with E-state index in [-0.39, 0.29) is 6.73 Å². The molecule has 0 radical (unpaired) electrons. The molecule has 0 spiro atoms. The number of carbonyl (C=O) groups is 1. The van der Waals surface area contributed by atoms with Crippen LogP contribution in [-0.4, -0.2) is 32.5 Å². The van der Waals surface area contributed by atoms with Crippen LogP contribution in [0.1, 0.15) is 0 Å². The third-order valence-electron chi connectivity index (χ3n) is 0. The Morgan fingerprint density at radius 2 is 1.25 bits per heavy atom. The Balaban J connectivity index is -0.000000105. The van der Waals surface area contributed by atoms with Crippen LogP contribution in [0, 0.1) is 0 Å². The molecule has 12 heavy (non-hydrogen) atoms. The Morgan fingerprint density at radius 1 is 1.25 bits per heavy atom. The molecule has 9 nitrogen and oxygen atoms in total. The Bertz CT molecular complexity index is 131. The van der Waals surface area contributed by atoms with E-state index in [1.165, 1.54) is 0 Å². The van der Waals surface area contributed by atoms with Crippen molar-refractivity contribution in [2.45, 2.75) is 0 Å². The molecule has 0 aliphatic heterocycles. The van der Waals surface area contributed by atoms with E-state index in [1.807, 2.05) is 0 Å². The molecule has 0 aliphatic rings. The van der Waals surface area contributed by atoms with E-state index >= 15 is 0 Å². The summed E-state index contributed by atoms with van der Waals surface area (Å²) in [7, 11) is -4.64. The van der Waals surface area contributed by atoms with Gasteiger partial charge >= 0.3 is 13.9 Å². The second kappa shape index (κ2) is 10.3. The van der Waals surface area contributed by atoms with Gasteiger partial charge < -0.3 is 37.0 Å². The van der Waals surface area contributed by atoms with Gasteiger partial charge in [-0.2, -0.15) is 0 Å². The van der Waals surface area contributed by atoms with Crippen molar-refractivity contribution in [2.24, 2.45) is 17.2 Å². The van der Waals surface area contributed by atoms with Gasteiger partial charge in [-0.1, -0.05) is 0 Å². The summed E-state index contributed by atoms with van der Waals surface area (Å²) < 4.78 is 8.88. The molecule has 2 amide bonds. The molecule has 0 saturated heterocycles. The number of hydrogen-bond donors (Lipinski definition) is 7. The minimum Gasteiger partial charge on any atom is -0.382 e.